The summed E-state index contributed by atoms with van der Waals surface area (Å²) in [5, 5.41) is 2.69. The van der Waals surface area contributed by atoms with Crippen LogP contribution in [0.25, 0.3) is 0 Å². The molecule has 1 N–H and O–H groups in total. The molecule has 21 heavy (non-hydrogen) atoms. The number of benzene rings is 2. The summed E-state index contributed by atoms with van der Waals surface area (Å²) >= 11 is 0. The van der Waals surface area contributed by atoms with E-state index in [1.165, 1.54) is 0 Å². The Labute approximate surface area is 123 Å². The Morgan fingerprint density at radius 1 is 1.05 bits per heavy atom. The number of fused-ring (bicyclic) bond motifs is 1. The van der Waals surface area contributed by atoms with E-state index < -0.39 is 11.8 Å². The fourth-order valence-corrected chi connectivity index (χ4v) is 2.56. The van der Waals surface area contributed by atoms with E-state index in [0.29, 0.717) is 12.2 Å². The zero-order chi connectivity index (χ0) is 14.8. The number of para-hydroxylation sites is 2. The van der Waals surface area contributed by atoms with Gasteiger partial charge in [0.1, 0.15) is 0 Å². The van der Waals surface area contributed by atoms with Crippen molar-refractivity contribution in [3.63, 3.8) is 0 Å². The smallest absolute Gasteiger partial charge is 0.316 e. The highest BCUT2D eigenvalue weighted by Crippen LogP contribution is 2.27. The number of nitrogens with zero attached hydrogens (tertiary/aromatic N) is 1. The largest absolute Gasteiger partial charge is 0.318 e. The SMILES string of the molecule is Cc1ccccc1NC(=O)C(=O)N1CCc2ccccc21. The molecule has 3 rings (SSSR count). The Kier molecular flexibility index (Phi) is 3.44. The Bertz CT molecular complexity index is 709. The molecule has 2 aromatic carbocycles. The number of aryl methyl sites for hydroxylation is 1. The lowest BCUT2D eigenvalue weighted by Gasteiger charge is -2.17. The maximum atomic E-state index is 12.3. The summed E-state index contributed by atoms with van der Waals surface area (Å²) in [5.74, 6) is -1.11. The first-order chi connectivity index (χ1) is 10.2. The monoisotopic (exact) mass is 280 g/mol. The molecule has 106 valence electrons. The van der Waals surface area contributed by atoms with Crippen molar-refractivity contribution in [3.05, 3.63) is 59.7 Å². The maximum Gasteiger partial charge on any atom is 0.316 e. The van der Waals surface area contributed by atoms with Gasteiger partial charge in [0.05, 0.1) is 0 Å². The van der Waals surface area contributed by atoms with E-state index in [2.05, 4.69) is 5.32 Å². The topological polar surface area (TPSA) is 49.4 Å². The number of carbonyl (C=O) groups is 2. The standard InChI is InChI=1S/C17H16N2O2/c1-12-6-2-4-8-14(12)18-16(20)17(21)19-11-10-13-7-3-5-9-15(13)19/h2-9H,10-11H2,1H3,(H,18,20). The molecule has 0 aromatic heterocycles. The first kappa shape index (κ1) is 13.4. The van der Waals surface area contributed by atoms with Gasteiger partial charge >= 0.3 is 11.8 Å². The second-order valence-corrected chi connectivity index (χ2v) is 5.10. The van der Waals surface area contributed by atoms with Gasteiger partial charge in [-0.05, 0) is 36.6 Å². The van der Waals surface area contributed by atoms with Crippen LogP contribution in [-0.2, 0) is 16.0 Å². The molecule has 0 bridgehead atoms. The van der Waals surface area contributed by atoms with Crippen LogP contribution in [0.4, 0.5) is 11.4 Å². The van der Waals surface area contributed by atoms with E-state index in [4.69, 9.17) is 0 Å². The second kappa shape index (κ2) is 5.40. The van der Waals surface area contributed by atoms with E-state index in [9.17, 15) is 9.59 Å². The molecular formula is C17H16N2O2. The van der Waals surface area contributed by atoms with Gasteiger partial charge in [0, 0.05) is 17.9 Å². The third kappa shape index (κ3) is 2.52. The van der Waals surface area contributed by atoms with Crippen LogP contribution in [0.15, 0.2) is 48.5 Å². The van der Waals surface area contributed by atoms with Gasteiger partial charge in [-0.2, -0.15) is 0 Å². The van der Waals surface area contributed by atoms with Crippen LogP contribution < -0.4 is 10.2 Å². The molecule has 0 unspecified atom stereocenters. The van der Waals surface area contributed by atoms with Gasteiger partial charge < -0.3 is 10.2 Å². The van der Waals surface area contributed by atoms with E-state index in [0.717, 1.165) is 23.2 Å². The molecule has 0 fully saturated rings. The summed E-state index contributed by atoms with van der Waals surface area (Å²) in [4.78, 5) is 26.0. The van der Waals surface area contributed by atoms with E-state index in [-0.39, 0.29) is 0 Å². The third-order valence-electron chi connectivity index (χ3n) is 3.72. The molecule has 0 radical (unpaired) electrons. The van der Waals surface area contributed by atoms with Crippen LogP contribution in [0.3, 0.4) is 0 Å². The predicted molar refractivity (Wildman–Crippen MR) is 82.3 cm³/mol. The fraction of sp³-hybridized carbons (Fsp3) is 0.176. The van der Waals surface area contributed by atoms with Crippen molar-refractivity contribution in [2.75, 3.05) is 16.8 Å². The summed E-state index contributed by atoms with van der Waals surface area (Å²) in [6.07, 6.45) is 0.791. The number of anilines is 2. The van der Waals surface area contributed by atoms with Gasteiger partial charge in [-0.1, -0.05) is 36.4 Å². The molecule has 0 spiro atoms. The van der Waals surface area contributed by atoms with Gasteiger partial charge in [-0.3, -0.25) is 9.59 Å². The molecule has 1 aliphatic heterocycles. The van der Waals surface area contributed by atoms with Gasteiger partial charge in [0.25, 0.3) is 0 Å². The average molecular weight is 280 g/mol. The van der Waals surface area contributed by atoms with Crippen molar-refractivity contribution in [2.45, 2.75) is 13.3 Å². The van der Waals surface area contributed by atoms with E-state index in [1.54, 1.807) is 11.0 Å². The quantitative estimate of drug-likeness (QED) is 0.816. The highest BCUT2D eigenvalue weighted by atomic mass is 16.2. The van der Waals surface area contributed by atoms with E-state index >= 15 is 0 Å². The molecule has 1 heterocycles. The molecule has 2 amide bonds. The normalized spacial score (nSPS) is 12.9. The maximum absolute atomic E-state index is 12.3. The van der Waals surface area contributed by atoms with Crippen molar-refractivity contribution >= 4 is 23.2 Å². The first-order valence-electron chi connectivity index (χ1n) is 6.93. The zero-order valence-corrected chi connectivity index (χ0v) is 11.8. The molecule has 0 aliphatic carbocycles. The minimum Gasteiger partial charge on any atom is -0.318 e. The fourth-order valence-electron chi connectivity index (χ4n) is 2.56. The molecule has 1 aliphatic rings. The molecule has 4 heteroatoms. The second-order valence-electron chi connectivity index (χ2n) is 5.10. The van der Waals surface area contributed by atoms with Gasteiger partial charge in [0.15, 0.2) is 0 Å². The van der Waals surface area contributed by atoms with Gasteiger partial charge in [-0.25, -0.2) is 0 Å². The van der Waals surface area contributed by atoms with Crippen LogP contribution in [0.2, 0.25) is 0 Å². The molecular weight excluding hydrogens is 264 g/mol. The predicted octanol–water partition coefficient (Wildman–Crippen LogP) is 2.52. The molecule has 0 saturated heterocycles. The summed E-state index contributed by atoms with van der Waals surface area (Å²) < 4.78 is 0. The Morgan fingerprint density at radius 3 is 2.57 bits per heavy atom. The Hall–Kier alpha value is -2.62. The van der Waals surface area contributed by atoms with E-state index in [1.807, 2.05) is 49.4 Å². The Balaban J connectivity index is 1.78. The van der Waals surface area contributed by atoms with Crippen molar-refractivity contribution in [1.29, 1.82) is 0 Å². The molecule has 0 saturated carbocycles. The lowest BCUT2D eigenvalue weighted by molar-refractivity contribution is -0.134. The number of nitrogens with one attached hydrogen (secondary N) is 1. The first-order valence-corrected chi connectivity index (χ1v) is 6.93. The molecule has 0 atom stereocenters. The minimum atomic E-state index is -0.596. The number of carbonyl (C=O) groups excluding carboxylic acids is 2. The summed E-state index contributed by atoms with van der Waals surface area (Å²) in [7, 11) is 0. The number of amides is 2. The van der Waals surface area contributed by atoms with Crippen LogP contribution >= 0.6 is 0 Å². The summed E-state index contributed by atoms with van der Waals surface area (Å²) in [6, 6.07) is 15.1. The minimum absolute atomic E-state index is 0.511. The van der Waals surface area contributed by atoms with Crippen molar-refractivity contribution in [1.82, 2.24) is 0 Å². The lowest BCUT2D eigenvalue weighted by atomic mass is 10.2. The van der Waals surface area contributed by atoms with Gasteiger partial charge in [0.2, 0.25) is 0 Å². The van der Waals surface area contributed by atoms with Crippen molar-refractivity contribution < 1.29 is 9.59 Å². The van der Waals surface area contributed by atoms with Crippen LogP contribution in [0.5, 0.6) is 0 Å². The zero-order valence-electron chi connectivity index (χ0n) is 11.8. The van der Waals surface area contributed by atoms with Crippen LogP contribution in [0, 0.1) is 6.92 Å². The average Bonchev–Trinajstić information content (AvgIpc) is 2.92. The Morgan fingerprint density at radius 2 is 1.76 bits per heavy atom. The van der Waals surface area contributed by atoms with Gasteiger partial charge in [-0.15, -0.1) is 0 Å². The number of rotatable bonds is 1. The number of hydrogen-bond acceptors (Lipinski definition) is 2. The van der Waals surface area contributed by atoms with Crippen molar-refractivity contribution in [3.8, 4) is 0 Å². The lowest BCUT2D eigenvalue weighted by Crippen LogP contribution is -2.38. The third-order valence-corrected chi connectivity index (χ3v) is 3.72. The molecule has 2 aromatic rings. The highest BCUT2D eigenvalue weighted by Gasteiger charge is 2.28. The van der Waals surface area contributed by atoms with Crippen molar-refractivity contribution in [2.24, 2.45) is 0 Å². The summed E-state index contributed by atoms with van der Waals surface area (Å²) in [5.41, 5.74) is 3.54. The summed E-state index contributed by atoms with van der Waals surface area (Å²) in [6.45, 7) is 2.45. The molecule has 4 nitrogen and oxygen atoms in total. The highest BCUT2D eigenvalue weighted by molar-refractivity contribution is 6.44. The number of hydrogen-bond donors (Lipinski definition) is 1. The van der Waals surface area contributed by atoms with Crippen LogP contribution in [-0.4, -0.2) is 18.4 Å². The van der Waals surface area contributed by atoms with Crippen LogP contribution in [0.1, 0.15) is 11.1 Å².